The van der Waals surface area contributed by atoms with E-state index in [1.807, 2.05) is 13.1 Å². The van der Waals surface area contributed by atoms with Gasteiger partial charge in [0.05, 0.1) is 4.92 Å². The van der Waals surface area contributed by atoms with Gasteiger partial charge in [0, 0.05) is 16.2 Å². The minimum atomic E-state index is -0.354. The molecule has 0 aliphatic carbocycles. The second-order valence-electron chi connectivity index (χ2n) is 3.96. The summed E-state index contributed by atoms with van der Waals surface area (Å²) in [5.41, 5.74) is 0.715. The maximum atomic E-state index is 10.9. The zero-order valence-corrected chi connectivity index (χ0v) is 12.0. The second-order valence-corrected chi connectivity index (χ2v) is 5.21. The van der Waals surface area contributed by atoms with E-state index in [0.29, 0.717) is 18.2 Å². The number of benzene rings is 1. The summed E-state index contributed by atoms with van der Waals surface area (Å²) in [6, 6.07) is 5.19. The predicted molar refractivity (Wildman–Crippen MR) is 77.4 cm³/mol. The van der Waals surface area contributed by atoms with E-state index in [1.165, 1.54) is 0 Å². The smallest absolute Gasteiger partial charge is 0.293 e. The minimum absolute atomic E-state index is 0.133. The third-order valence-electron chi connectivity index (χ3n) is 2.35. The first-order valence-electron chi connectivity index (χ1n) is 5.37. The molecule has 0 fully saturated rings. The molecule has 0 radical (unpaired) electrons. The standard InChI is InChI=1S/C11H16IN3O2/c1-8(6-13-2)7-14-10-4-3-9(12)5-11(10)15(16)17/h3-5,8,13-14H,6-7H2,1-2H3. The predicted octanol–water partition coefficient (Wildman–Crippen LogP) is 2.47. The summed E-state index contributed by atoms with van der Waals surface area (Å²) in [6.45, 7) is 3.68. The van der Waals surface area contributed by atoms with Crippen LogP contribution in [-0.2, 0) is 0 Å². The van der Waals surface area contributed by atoms with Crippen LogP contribution in [0.25, 0.3) is 0 Å². The molecule has 0 saturated carbocycles. The zero-order chi connectivity index (χ0) is 12.8. The van der Waals surface area contributed by atoms with Gasteiger partial charge in [0.15, 0.2) is 0 Å². The van der Waals surface area contributed by atoms with E-state index >= 15 is 0 Å². The highest BCUT2D eigenvalue weighted by molar-refractivity contribution is 14.1. The summed E-state index contributed by atoms with van der Waals surface area (Å²) in [5, 5.41) is 17.1. The molecule has 0 aliphatic rings. The molecule has 0 spiro atoms. The third-order valence-corrected chi connectivity index (χ3v) is 3.02. The molecule has 1 rings (SSSR count). The van der Waals surface area contributed by atoms with Gasteiger partial charge in [-0.2, -0.15) is 0 Å². The molecule has 17 heavy (non-hydrogen) atoms. The molecular weight excluding hydrogens is 333 g/mol. The Morgan fingerprint density at radius 1 is 1.47 bits per heavy atom. The average Bonchev–Trinajstić information content (AvgIpc) is 2.27. The molecule has 1 aromatic carbocycles. The van der Waals surface area contributed by atoms with Crippen molar-refractivity contribution in [3.63, 3.8) is 0 Å². The maximum Gasteiger partial charge on any atom is 0.293 e. The van der Waals surface area contributed by atoms with Crippen molar-refractivity contribution in [1.82, 2.24) is 5.32 Å². The third kappa shape index (κ3) is 4.47. The Bertz CT molecular complexity index is 398. The number of nitro groups is 1. The molecule has 1 unspecified atom stereocenters. The number of halogens is 1. The fourth-order valence-corrected chi connectivity index (χ4v) is 1.98. The Hall–Kier alpha value is -0.890. The van der Waals surface area contributed by atoms with Crippen molar-refractivity contribution in [2.75, 3.05) is 25.5 Å². The molecule has 94 valence electrons. The number of rotatable bonds is 6. The highest BCUT2D eigenvalue weighted by Gasteiger charge is 2.14. The van der Waals surface area contributed by atoms with E-state index in [2.05, 4.69) is 40.1 Å². The number of nitro benzene ring substituents is 1. The van der Waals surface area contributed by atoms with Crippen LogP contribution in [-0.4, -0.2) is 25.1 Å². The molecule has 0 heterocycles. The van der Waals surface area contributed by atoms with Crippen molar-refractivity contribution in [1.29, 1.82) is 0 Å². The topological polar surface area (TPSA) is 67.2 Å². The van der Waals surface area contributed by atoms with Crippen LogP contribution in [0, 0.1) is 19.6 Å². The van der Waals surface area contributed by atoms with Crippen molar-refractivity contribution in [3.8, 4) is 0 Å². The first-order chi connectivity index (χ1) is 8.04. The second kappa shape index (κ2) is 6.75. The van der Waals surface area contributed by atoms with Gasteiger partial charge in [0.2, 0.25) is 0 Å². The number of hydrogen-bond acceptors (Lipinski definition) is 4. The lowest BCUT2D eigenvalue weighted by molar-refractivity contribution is -0.384. The SMILES string of the molecule is CNCC(C)CNc1ccc(I)cc1[N+](=O)[O-]. The van der Waals surface area contributed by atoms with Gasteiger partial charge in [0.1, 0.15) is 5.69 Å². The number of anilines is 1. The first kappa shape index (κ1) is 14.2. The quantitative estimate of drug-likeness (QED) is 0.470. The van der Waals surface area contributed by atoms with Crippen molar-refractivity contribution >= 4 is 34.0 Å². The van der Waals surface area contributed by atoms with Crippen molar-refractivity contribution in [2.24, 2.45) is 5.92 Å². The minimum Gasteiger partial charge on any atom is -0.379 e. The summed E-state index contributed by atoms with van der Waals surface area (Å²) in [7, 11) is 1.89. The van der Waals surface area contributed by atoms with Gasteiger partial charge in [-0.25, -0.2) is 0 Å². The number of nitrogens with zero attached hydrogens (tertiary/aromatic N) is 1. The summed E-state index contributed by atoms with van der Waals surface area (Å²) >= 11 is 2.07. The molecule has 2 N–H and O–H groups in total. The molecule has 1 atom stereocenters. The van der Waals surface area contributed by atoms with Gasteiger partial charge in [-0.1, -0.05) is 6.92 Å². The molecule has 0 amide bonds. The molecule has 6 heteroatoms. The summed E-state index contributed by atoms with van der Waals surface area (Å²) in [4.78, 5) is 10.5. The van der Waals surface area contributed by atoms with E-state index < -0.39 is 0 Å². The van der Waals surface area contributed by atoms with E-state index in [0.717, 1.165) is 10.1 Å². The van der Waals surface area contributed by atoms with Gasteiger partial charge >= 0.3 is 0 Å². The van der Waals surface area contributed by atoms with Crippen LogP contribution < -0.4 is 10.6 Å². The zero-order valence-electron chi connectivity index (χ0n) is 9.87. The van der Waals surface area contributed by atoms with Gasteiger partial charge in [0.25, 0.3) is 5.69 Å². The van der Waals surface area contributed by atoms with Crippen LogP contribution in [0.15, 0.2) is 18.2 Å². The lowest BCUT2D eigenvalue weighted by Crippen LogP contribution is -2.23. The Kier molecular flexibility index (Phi) is 5.63. The summed E-state index contributed by atoms with van der Waals surface area (Å²) in [5.74, 6) is 0.416. The van der Waals surface area contributed by atoms with E-state index in [1.54, 1.807) is 12.1 Å². The fourth-order valence-electron chi connectivity index (χ4n) is 1.51. The van der Waals surface area contributed by atoms with Crippen molar-refractivity contribution < 1.29 is 4.92 Å². The Morgan fingerprint density at radius 2 is 2.18 bits per heavy atom. The molecule has 5 nitrogen and oxygen atoms in total. The highest BCUT2D eigenvalue weighted by Crippen LogP contribution is 2.26. The van der Waals surface area contributed by atoms with Gasteiger partial charge in [-0.05, 0) is 54.2 Å². The van der Waals surface area contributed by atoms with Crippen LogP contribution in [0.4, 0.5) is 11.4 Å². The van der Waals surface area contributed by atoms with Crippen molar-refractivity contribution in [2.45, 2.75) is 6.92 Å². The molecule has 0 saturated heterocycles. The number of hydrogen-bond donors (Lipinski definition) is 2. The molecule has 0 bridgehead atoms. The number of nitrogens with one attached hydrogen (secondary N) is 2. The lowest BCUT2D eigenvalue weighted by Gasteiger charge is -2.13. The van der Waals surface area contributed by atoms with Crippen molar-refractivity contribution in [3.05, 3.63) is 31.9 Å². The molecule has 0 aliphatic heterocycles. The van der Waals surface area contributed by atoms with Crippen LogP contribution in [0.1, 0.15) is 6.92 Å². The molecular formula is C11H16IN3O2. The Balaban J connectivity index is 2.73. The summed E-state index contributed by atoms with van der Waals surface area (Å²) < 4.78 is 0.864. The maximum absolute atomic E-state index is 10.9. The van der Waals surface area contributed by atoms with Crippen LogP contribution >= 0.6 is 22.6 Å². The van der Waals surface area contributed by atoms with Gasteiger partial charge in [-0.15, -0.1) is 0 Å². The van der Waals surface area contributed by atoms with Crippen LogP contribution in [0.5, 0.6) is 0 Å². The van der Waals surface area contributed by atoms with E-state index in [9.17, 15) is 10.1 Å². The average molecular weight is 349 g/mol. The molecule has 0 aromatic heterocycles. The largest absolute Gasteiger partial charge is 0.379 e. The lowest BCUT2D eigenvalue weighted by atomic mass is 10.1. The highest BCUT2D eigenvalue weighted by atomic mass is 127. The van der Waals surface area contributed by atoms with Gasteiger partial charge in [-0.3, -0.25) is 10.1 Å². The Labute approximate surface area is 114 Å². The van der Waals surface area contributed by atoms with E-state index in [-0.39, 0.29) is 10.6 Å². The first-order valence-corrected chi connectivity index (χ1v) is 6.45. The molecule has 1 aromatic rings. The van der Waals surface area contributed by atoms with Gasteiger partial charge < -0.3 is 10.6 Å². The normalized spacial score (nSPS) is 12.2. The monoisotopic (exact) mass is 349 g/mol. The van der Waals surface area contributed by atoms with Crippen LogP contribution in [0.3, 0.4) is 0 Å². The van der Waals surface area contributed by atoms with E-state index in [4.69, 9.17) is 0 Å². The fraction of sp³-hybridized carbons (Fsp3) is 0.455. The van der Waals surface area contributed by atoms with Crippen LogP contribution in [0.2, 0.25) is 0 Å². The Morgan fingerprint density at radius 3 is 2.76 bits per heavy atom. The summed E-state index contributed by atoms with van der Waals surface area (Å²) in [6.07, 6.45) is 0.